The molecule has 0 bridgehead atoms. The van der Waals surface area contributed by atoms with Crippen LogP contribution in [0.5, 0.6) is 0 Å². The number of hydrogen-bond acceptors (Lipinski definition) is 4. The van der Waals surface area contributed by atoms with Crippen LogP contribution >= 0.6 is 0 Å². The van der Waals surface area contributed by atoms with Crippen LogP contribution in [0.2, 0.25) is 0 Å². The summed E-state index contributed by atoms with van der Waals surface area (Å²) in [6.07, 6.45) is 5.20. The number of carbonyl (C=O) groups is 1. The monoisotopic (exact) mass is 280 g/mol. The van der Waals surface area contributed by atoms with Gasteiger partial charge in [0.2, 0.25) is 5.91 Å². The summed E-state index contributed by atoms with van der Waals surface area (Å²) in [5, 5.41) is 2.65. The van der Waals surface area contributed by atoms with Crippen molar-refractivity contribution in [2.45, 2.75) is 17.4 Å². The van der Waals surface area contributed by atoms with Crippen molar-refractivity contribution >= 4 is 21.4 Å². The minimum Gasteiger partial charge on any atom is -0.324 e. The molecule has 1 amide bonds. The number of hydrogen-bond donors (Lipinski definition) is 2. The van der Waals surface area contributed by atoms with Crippen molar-refractivity contribution in [3.8, 4) is 0 Å². The smallest absolute Gasteiger partial charge is 0.231 e. The first-order valence-corrected chi connectivity index (χ1v) is 7.81. The Balaban J connectivity index is 2.21. The Labute approximate surface area is 112 Å². The van der Waals surface area contributed by atoms with E-state index >= 15 is 0 Å². The first-order chi connectivity index (χ1) is 8.88. The third-order valence-corrected chi connectivity index (χ3v) is 4.15. The number of nitrogens with one attached hydrogen (secondary N) is 1. The van der Waals surface area contributed by atoms with E-state index in [0.29, 0.717) is 12.1 Å². The summed E-state index contributed by atoms with van der Waals surface area (Å²) in [5.41, 5.74) is 6.00. The van der Waals surface area contributed by atoms with E-state index in [-0.39, 0.29) is 22.8 Å². The molecule has 1 aliphatic rings. The summed E-state index contributed by atoms with van der Waals surface area (Å²) in [4.78, 5) is 12.1. The number of benzene rings is 1. The van der Waals surface area contributed by atoms with Gasteiger partial charge in [-0.2, -0.15) is 0 Å². The molecule has 1 aromatic rings. The van der Waals surface area contributed by atoms with Crippen LogP contribution in [0.3, 0.4) is 0 Å². The number of nitrogens with two attached hydrogens (primary N) is 1. The molecule has 5 nitrogen and oxygen atoms in total. The average Bonchev–Trinajstić information content (AvgIpc) is 2.75. The number of anilines is 1. The van der Waals surface area contributed by atoms with Crippen LogP contribution in [0.25, 0.3) is 0 Å². The maximum absolute atomic E-state index is 12.0. The lowest BCUT2D eigenvalue weighted by Crippen LogP contribution is -2.24. The van der Waals surface area contributed by atoms with Crippen molar-refractivity contribution in [1.82, 2.24) is 0 Å². The zero-order valence-electron chi connectivity index (χ0n) is 10.5. The predicted octanol–water partition coefficient (Wildman–Crippen LogP) is 0.932. The van der Waals surface area contributed by atoms with Gasteiger partial charge in [-0.25, -0.2) is 8.42 Å². The van der Waals surface area contributed by atoms with Crippen LogP contribution in [0.1, 0.15) is 6.42 Å². The first kappa shape index (κ1) is 13.8. The van der Waals surface area contributed by atoms with E-state index < -0.39 is 9.84 Å². The number of para-hydroxylation sites is 1. The van der Waals surface area contributed by atoms with E-state index in [9.17, 15) is 13.2 Å². The van der Waals surface area contributed by atoms with Gasteiger partial charge in [0.15, 0.2) is 9.84 Å². The normalized spacial score (nSPS) is 22.4. The van der Waals surface area contributed by atoms with Gasteiger partial charge in [0.05, 0.1) is 16.5 Å². The minimum absolute atomic E-state index is 0.110. The average molecular weight is 280 g/mol. The third kappa shape index (κ3) is 3.21. The Kier molecular flexibility index (Phi) is 3.73. The quantitative estimate of drug-likeness (QED) is 0.806. The molecule has 1 aromatic carbocycles. The Morgan fingerprint density at radius 2 is 2.00 bits per heavy atom. The largest absolute Gasteiger partial charge is 0.324 e. The molecule has 0 aromatic heterocycles. The van der Waals surface area contributed by atoms with Crippen molar-refractivity contribution < 1.29 is 13.2 Å². The molecule has 0 saturated carbocycles. The Bertz CT molecular complexity index is 623. The molecule has 0 heterocycles. The van der Waals surface area contributed by atoms with Crippen molar-refractivity contribution in [3.05, 3.63) is 36.4 Å². The van der Waals surface area contributed by atoms with Gasteiger partial charge in [0.1, 0.15) is 0 Å². The molecule has 2 atom stereocenters. The second-order valence-corrected chi connectivity index (χ2v) is 6.63. The zero-order chi connectivity index (χ0) is 14.0. The molecule has 2 rings (SSSR count). The standard InChI is InChI=1S/C13H16N2O3S/c1-19(17,18)12-5-3-2-4-11(12)15-13(16)9-6-7-10(14)8-9/h2-7,9-10H,8,14H2,1H3,(H,15,16). The number of sulfone groups is 1. The summed E-state index contributed by atoms with van der Waals surface area (Å²) in [6, 6.07) is 6.24. The summed E-state index contributed by atoms with van der Waals surface area (Å²) in [7, 11) is -3.37. The van der Waals surface area contributed by atoms with E-state index in [1.54, 1.807) is 30.4 Å². The van der Waals surface area contributed by atoms with Crippen molar-refractivity contribution in [2.24, 2.45) is 11.7 Å². The lowest BCUT2D eigenvalue weighted by molar-refractivity contribution is -0.118. The van der Waals surface area contributed by atoms with E-state index in [1.807, 2.05) is 0 Å². The molecule has 0 saturated heterocycles. The maximum Gasteiger partial charge on any atom is 0.231 e. The molecule has 1 aliphatic carbocycles. The Morgan fingerprint density at radius 1 is 1.32 bits per heavy atom. The van der Waals surface area contributed by atoms with Gasteiger partial charge in [-0.3, -0.25) is 4.79 Å². The van der Waals surface area contributed by atoms with Gasteiger partial charge in [-0.05, 0) is 18.6 Å². The molecule has 6 heteroatoms. The molecular formula is C13H16N2O3S. The lowest BCUT2D eigenvalue weighted by Gasteiger charge is -2.13. The molecule has 0 fully saturated rings. The fourth-order valence-corrected chi connectivity index (χ4v) is 2.88. The maximum atomic E-state index is 12.0. The predicted molar refractivity (Wildman–Crippen MR) is 73.4 cm³/mol. The second-order valence-electron chi connectivity index (χ2n) is 4.65. The summed E-state index contributed by atoms with van der Waals surface area (Å²) in [6.45, 7) is 0. The molecular weight excluding hydrogens is 264 g/mol. The number of rotatable bonds is 3. The van der Waals surface area contributed by atoms with Crippen LogP contribution in [-0.2, 0) is 14.6 Å². The van der Waals surface area contributed by atoms with Crippen LogP contribution in [0.15, 0.2) is 41.3 Å². The molecule has 0 spiro atoms. The minimum atomic E-state index is -3.37. The van der Waals surface area contributed by atoms with E-state index in [1.165, 1.54) is 6.07 Å². The summed E-state index contributed by atoms with van der Waals surface area (Å²) < 4.78 is 23.2. The molecule has 3 N–H and O–H groups in total. The van der Waals surface area contributed by atoms with Crippen molar-refractivity contribution in [1.29, 1.82) is 0 Å². The van der Waals surface area contributed by atoms with Gasteiger partial charge in [0, 0.05) is 12.3 Å². The highest BCUT2D eigenvalue weighted by atomic mass is 32.2. The summed E-state index contributed by atoms with van der Waals surface area (Å²) >= 11 is 0. The molecule has 2 unspecified atom stereocenters. The second kappa shape index (κ2) is 5.14. The first-order valence-electron chi connectivity index (χ1n) is 5.92. The number of carbonyl (C=O) groups excluding carboxylic acids is 1. The van der Waals surface area contributed by atoms with Gasteiger partial charge in [-0.15, -0.1) is 0 Å². The van der Waals surface area contributed by atoms with Crippen LogP contribution in [0, 0.1) is 5.92 Å². The van der Waals surface area contributed by atoms with Gasteiger partial charge >= 0.3 is 0 Å². The molecule has 19 heavy (non-hydrogen) atoms. The van der Waals surface area contributed by atoms with Gasteiger partial charge in [0.25, 0.3) is 0 Å². The van der Waals surface area contributed by atoms with E-state index in [2.05, 4.69) is 5.32 Å². The highest BCUT2D eigenvalue weighted by Gasteiger charge is 2.24. The third-order valence-electron chi connectivity index (χ3n) is 3.00. The fraction of sp³-hybridized carbons (Fsp3) is 0.308. The topological polar surface area (TPSA) is 89.3 Å². The molecule has 102 valence electrons. The van der Waals surface area contributed by atoms with E-state index in [0.717, 1.165) is 6.26 Å². The summed E-state index contributed by atoms with van der Waals surface area (Å²) in [5.74, 6) is -0.539. The molecule has 0 radical (unpaired) electrons. The van der Waals surface area contributed by atoms with Crippen LogP contribution in [-0.4, -0.2) is 26.6 Å². The lowest BCUT2D eigenvalue weighted by atomic mass is 10.1. The fourth-order valence-electron chi connectivity index (χ4n) is 2.04. The van der Waals surface area contributed by atoms with Gasteiger partial charge < -0.3 is 11.1 Å². The Morgan fingerprint density at radius 3 is 2.58 bits per heavy atom. The highest BCUT2D eigenvalue weighted by Crippen LogP contribution is 2.23. The highest BCUT2D eigenvalue weighted by molar-refractivity contribution is 7.90. The van der Waals surface area contributed by atoms with Crippen LogP contribution in [0.4, 0.5) is 5.69 Å². The SMILES string of the molecule is CS(=O)(=O)c1ccccc1NC(=O)C1C=CC(N)C1. The number of amides is 1. The van der Waals surface area contributed by atoms with Crippen LogP contribution < -0.4 is 11.1 Å². The Hall–Kier alpha value is -1.66. The van der Waals surface area contributed by atoms with Crippen molar-refractivity contribution in [3.63, 3.8) is 0 Å². The van der Waals surface area contributed by atoms with Crippen molar-refractivity contribution in [2.75, 3.05) is 11.6 Å². The zero-order valence-corrected chi connectivity index (χ0v) is 11.4. The molecule has 0 aliphatic heterocycles. The van der Waals surface area contributed by atoms with Gasteiger partial charge in [-0.1, -0.05) is 24.3 Å². The van der Waals surface area contributed by atoms with E-state index in [4.69, 9.17) is 5.73 Å².